The maximum atomic E-state index is 11.5. The fourth-order valence-electron chi connectivity index (χ4n) is 1.15. The zero-order chi connectivity index (χ0) is 12.8. The maximum absolute atomic E-state index is 11.5. The summed E-state index contributed by atoms with van der Waals surface area (Å²) < 4.78 is 4.86. The number of rotatable bonds is 6. The summed E-state index contributed by atoms with van der Waals surface area (Å²) in [6.45, 7) is 2.35. The van der Waals surface area contributed by atoms with Crippen LogP contribution in [0.15, 0.2) is 5.38 Å². The van der Waals surface area contributed by atoms with Crippen molar-refractivity contribution in [2.45, 2.75) is 13.5 Å². The van der Waals surface area contributed by atoms with E-state index in [4.69, 9.17) is 9.84 Å². The van der Waals surface area contributed by atoms with Gasteiger partial charge in [-0.05, 0) is 0 Å². The minimum absolute atomic E-state index is 0.00388. The Morgan fingerprint density at radius 1 is 1.65 bits per heavy atom. The zero-order valence-corrected chi connectivity index (χ0v) is 10.4. The standard InChI is InChI=1S/C10H14N2O4S/c1-6(4-16-2)9(13)11-3-8-12-7(5-17-8)10(14)15/h5-6H,3-4H2,1-2H3,(H,11,13)(H,14,15). The van der Waals surface area contributed by atoms with Crippen molar-refractivity contribution in [3.63, 3.8) is 0 Å². The fourth-order valence-corrected chi connectivity index (χ4v) is 1.86. The molecule has 1 rings (SSSR count). The first kappa shape index (κ1) is 13.6. The molecule has 0 saturated heterocycles. The van der Waals surface area contributed by atoms with Gasteiger partial charge >= 0.3 is 5.97 Å². The van der Waals surface area contributed by atoms with E-state index in [1.807, 2.05) is 0 Å². The second kappa shape index (κ2) is 6.31. The molecule has 0 aromatic carbocycles. The largest absolute Gasteiger partial charge is 0.476 e. The van der Waals surface area contributed by atoms with Crippen LogP contribution in [0.1, 0.15) is 22.4 Å². The van der Waals surface area contributed by atoms with Crippen LogP contribution in [0.3, 0.4) is 0 Å². The number of carbonyl (C=O) groups is 2. The number of carbonyl (C=O) groups excluding carboxylic acids is 1. The molecule has 0 fully saturated rings. The Bertz CT molecular complexity index is 405. The van der Waals surface area contributed by atoms with Crippen molar-refractivity contribution in [3.8, 4) is 0 Å². The Kier molecular flexibility index (Phi) is 5.05. The first-order chi connectivity index (χ1) is 8.04. The normalized spacial score (nSPS) is 12.1. The highest BCUT2D eigenvalue weighted by molar-refractivity contribution is 7.09. The number of ether oxygens (including phenoxy) is 1. The number of aromatic carboxylic acids is 1. The van der Waals surface area contributed by atoms with Crippen molar-refractivity contribution in [3.05, 3.63) is 16.1 Å². The van der Waals surface area contributed by atoms with E-state index in [1.54, 1.807) is 6.92 Å². The third kappa shape index (κ3) is 4.12. The van der Waals surface area contributed by atoms with Crippen LogP contribution in [-0.2, 0) is 16.1 Å². The molecule has 0 aliphatic heterocycles. The smallest absolute Gasteiger partial charge is 0.355 e. The van der Waals surface area contributed by atoms with Crippen LogP contribution in [0.5, 0.6) is 0 Å². The van der Waals surface area contributed by atoms with E-state index in [2.05, 4.69) is 10.3 Å². The number of amides is 1. The second-order valence-corrected chi connectivity index (χ2v) is 4.45. The number of carboxylic acid groups (broad SMARTS) is 1. The molecule has 1 aromatic heterocycles. The summed E-state index contributed by atoms with van der Waals surface area (Å²) in [7, 11) is 1.53. The summed E-state index contributed by atoms with van der Waals surface area (Å²) in [6.07, 6.45) is 0. The Hall–Kier alpha value is -1.47. The molecule has 1 heterocycles. The van der Waals surface area contributed by atoms with Crippen LogP contribution in [-0.4, -0.2) is 35.7 Å². The van der Waals surface area contributed by atoms with E-state index < -0.39 is 5.97 Å². The van der Waals surface area contributed by atoms with Gasteiger partial charge in [0.2, 0.25) is 5.91 Å². The number of nitrogens with zero attached hydrogens (tertiary/aromatic N) is 1. The Morgan fingerprint density at radius 2 is 2.35 bits per heavy atom. The lowest BCUT2D eigenvalue weighted by Crippen LogP contribution is -2.30. The minimum Gasteiger partial charge on any atom is -0.476 e. The molecule has 0 radical (unpaired) electrons. The molecule has 0 bridgehead atoms. The Morgan fingerprint density at radius 3 is 2.88 bits per heavy atom. The van der Waals surface area contributed by atoms with Gasteiger partial charge in [-0.3, -0.25) is 4.79 Å². The maximum Gasteiger partial charge on any atom is 0.355 e. The first-order valence-electron chi connectivity index (χ1n) is 4.99. The van der Waals surface area contributed by atoms with E-state index in [-0.39, 0.29) is 24.1 Å². The molecule has 1 aromatic rings. The fraction of sp³-hybridized carbons (Fsp3) is 0.500. The lowest BCUT2D eigenvalue weighted by Gasteiger charge is -2.09. The van der Waals surface area contributed by atoms with Crippen LogP contribution in [0.25, 0.3) is 0 Å². The average Bonchev–Trinajstić information content (AvgIpc) is 2.75. The van der Waals surface area contributed by atoms with Crippen molar-refractivity contribution in [2.24, 2.45) is 5.92 Å². The number of carboxylic acids is 1. The summed E-state index contributed by atoms with van der Waals surface area (Å²) in [5.41, 5.74) is 0.00388. The van der Waals surface area contributed by atoms with Crippen molar-refractivity contribution in [2.75, 3.05) is 13.7 Å². The van der Waals surface area contributed by atoms with E-state index in [0.29, 0.717) is 11.6 Å². The van der Waals surface area contributed by atoms with Crippen LogP contribution in [0, 0.1) is 5.92 Å². The Balaban J connectivity index is 2.44. The third-order valence-corrected chi connectivity index (χ3v) is 2.90. The molecule has 6 nitrogen and oxygen atoms in total. The molecule has 1 unspecified atom stereocenters. The average molecular weight is 258 g/mol. The molecule has 0 saturated carbocycles. The highest BCUT2D eigenvalue weighted by Gasteiger charge is 2.13. The summed E-state index contributed by atoms with van der Waals surface area (Å²) in [5, 5.41) is 13.4. The number of hydrogen-bond acceptors (Lipinski definition) is 5. The van der Waals surface area contributed by atoms with E-state index in [0.717, 1.165) is 0 Å². The summed E-state index contributed by atoms with van der Waals surface area (Å²) in [6, 6.07) is 0. The quantitative estimate of drug-likeness (QED) is 0.785. The van der Waals surface area contributed by atoms with Gasteiger partial charge in [0.25, 0.3) is 0 Å². The van der Waals surface area contributed by atoms with Crippen LogP contribution in [0.4, 0.5) is 0 Å². The van der Waals surface area contributed by atoms with Gasteiger partial charge in [0.1, 0.15) is 5.01 Å². The predicted molar refractivity (Wildman–Crippen MR) is 62.0 cm³/mol. The van der Waals surface area contributed by atoms with Crippen molar-refractivity contribution >= 4 is 23.2 Å². The molecular formula is C10H14N2O4S. The topological polar surface area (TPSA) is 88.5 Å². The summed E-state index contributed by atoms with van der Waals surface area (Å²) >= 11 is 1.21. The van der Waals surface area contributed by atoms with Crippen LogP contribution in [0.2, 0.25) is 0 Å². The van der Waals surface area contributed by atoms with Crippen molar-refractivity contribution in [1.29, 1.82) is 0 Å². The van der Waals surface area contributed by atoms with Gasteiger partial charge in [0.15, 0.2) is 5.69 Å². The SMILES string of the molecule is COCC(C)C(=O)NCc1nc(C(=O)O)cs1. The van der Waals surface area contributed by atoms with E-state index in [1.165, 1.54) is 23.8 Å². The van der Waals surface area contributed by atoms with Gasteiger partial charge in [-0.1, -0.05) is 6.92 Å². The van der Waals surface area contributed by atoms with E-state index in [9.17, 15) is 9.59 Å². The summed E-state index contributed by atoms with van der Waals surface area (Å²) in [4.78, 5) is 26.0. The van der Waals surface area contributed by atoms with Gasteiger partial charge in [0, 0.05) is 12.5 Å². The van der Waals surface area contributed by atoms with E-state index >= 15 is 0 Å². The lowest BCUT2D eigenvalue weighted by atomic mass is 10.2. The number of thiazole rings is 1. The van der Waals surface area contributed by atoms with Crippen LogP contribution < -0.4 is 5.32 Å². The highest BCUT2D eigenvalue weighted by Crippen LogP contribution is 2.09. The number of methoxy groups -OCH3 is 1. The Labute approximate surface area is 103 Å². The predicted octanol–water partition coefficient (Wildman–Crippen LogP) is 0.740. The molecule has 94 valence electrons. The van der Waals surface area contributed by atoms with Crippen LogP contribution >= 0.6 is 11.3 Å². The molecule has 2 N–H and O–H groups in total. The van der Waals surface area contributed by atoms with Gasteiger partial charge in [-0.2, -0.15) is 0 Å². The van der Waals surface area contributed by atoms with Gasteiger partial charge in [0.05, 0.1) is 19.1 Å². The van der Waals surface area contributed by atoms with Crippen molar-refractivity contribution in [1.82, 2.24) is 10.3 Å². The zero-order valence-electron chi connectivity index (χ0n) is 9.60. The molecule has 7 heteroatoms. The summed E-state index contributed by atoms with van der Waals surface area (Å²) in [5.74, 6) is -1.44. The molecule has 0 spiro atoms. The van der Waals surface area contributed by atoms with Gasteiger partial charge in [-0.25, -0.2) is 9.78 Å². The molecule has 0 aliphatic carbocycles. The number of hydrogen-bond donors (Lipinski definition) is 2. The van der Waals surface area contributed by atoms with Gasteiger partial charge in [-0.15, -0.1) is 11.3 Å². The number of aromatic nitrogens is 1. The first-order valence-corrected chi connectivity index (χ1v) is 5.87. The molecule has 17 heavy (non-hydrogen) atoms. The minimum atomic E-state index is -1.06. The third-order valence-electron chi connectivity index (χ3n) is 2.05. The molecule has 1 amide bonds. The lowest BCUT2D eigenvalue weighted by molar-refractivity contribution is -0.126. The van der Waals surface area contributed by atoms with Crippen molar-refractivity contribution < 1.29 is 19.4 Å². The van der Waals surface area contributed by atoms with Gasteiger partial charge < -0.3 is 15.2 Å². The second-order valence-electron chi connectivity index (χ2n) is 3.51. The monoisotopic (exact) mass is 258 g/mol. The highest BCUT2D eigenvalue weighted by atomic mass is 32.1. The molecule has 0 aliphatic rings. The molecule has 1 atom stereocenters. The molecular weight excluding hydrogens is 244 g/mol. The number of nitrogens with one attached hydrogen (secondary N) is 1.